The minimum Gasteiger partial charge on any atom is -0.493 e. The van der Waals surface area contributed by atoms with Crippen molar-refractivity contribution in [3.63, 3.8) is 0 Å². The number of benzene rings is 1. The highest BCUT2D eigenvalue weighted by molar-refractivity contribution is 9.10. The number of nitrogens with zero attached hydrogens (tertiary/aromatic N) is 2. The summed E-state index contributed by atoms with van der Waals surface area (Å²) in [7, 11) is -3.64. The third-order valence-electron chi connectivity index (χ3n) is 2.76. The Balaban J connectivity index is 2.52. The maximum absolute atomic E-state index is 12.6. The van der Waals surface area contributed by atoms with Gasteiger partial charge in [0.1, 0.15) is 11.6 Å². The summed E-state index contributed by atoms with van der Waals surface area (Å²) in [5.74, 6) is 1.01. The fourth-order valence-electron chi connectivity index (χ4n) is 1.81. The molecule has 20 heavy (non-hydrogen) atoms. The average Bonchev–Trinajstić information content (AvgIpc) is 2.90. The van der Waals surface area contributed by atoms with Gasteiger partial charge in [0.15, 0.2) is 0 Å². The summed E-state index contributed by atoms with van der Waals surface area (Å²) in [4.78, 5) is 4.22. The minimum absolute atomic E-state index is 0.178. The molecule has 0 spiro atoms. The normalized spacial score (nSPS) is 11.6. The van der Waals surface area contributed by atoms with Crippen molar-refractivity contribution in [2.75, 3.05) is 6.61 Å². The largest absolute Gasteiger partial charge is 0.493 e. The second-order valence-corrected chi connectivity index (χ2v) is 6.69. The van der Waals surface area contributed by atoms with Crippen molar-refractivity contribution in [2.45, 2.75) is 25.2 Å². The highest BCUT2D eigenvalue weighted by Gasteiger charge is 2.20. The van der Waals surface area contributed by atoms with Gasteiger partial charge in [-0.3, -0.25) is 0 Å². The zero-order chi connectivity index (χ0) is 14.8. The first kappa shape index (κ1) is 15.1. The lowest BCUT2D eigenvalue weighted by Crippen LogP contribution is -2.15. The Morgan fingerprint density at radius 1 is 1.35 bits per heavy atom. The van der Waals surface area contributed by atoms with Gasteiger partial charge in [-0.2, -0.15) is 0 Å². The maximum atomic E-state index is 12.6. The molecule has 0 unspecified atom stereocenters. The van der Waals surface area contributed by atoms with Crippen molar-refractivity contribution in [1.29, 1.82) is 0 Å². The Morgan fingerprint density at radius 2 is 2.10 bits per heavy atom. The molecule has 0 N–H and O–H groups in total. The van der Waals surface area contributed by atoms with Crippen LogP contribution in [0.3, 0.4) is 0 Å². The first-order valence-electron chi connectivity index (χ1n) is 6.20. The van der Waals surface area contributed by atoms with E-state index < -0.39 is 10.0 Å². The topological polar surface area (TPSA) is 61.2 Å². The summed E-state index contributed by atoms with van der Waals surface area (Å²) in [5.41, 5.74) is 0. The average molecular weight is 359 g/mol. The number of rotatable bonds is 5. The van der Waals surface area contributed by atoms with Crippen molar-refractivity contribution < 1.29 is 13.2 Å². The zero-order valence-electron chi connectivity index (χ0n) is 11.2. The molecule has 0 fully saturated rings. The predicted octanol–water partition coefficient (Wildman–Crippen LogP) is 2.84. The second-order valence-electron chi connectivity index (χ2n) is 4.02. The molecule has 7 heteroatoms. The molecule has 0 bridgehead atoms. The molecular weight excluding hydrogens is 344 g/mol. The van der Waals surface area contributed by atoms with Crippen LogP contribution in [0.15, 0.2) is 40.0 Å². The van der Waals surface area contributed by atoms with Crippen LogP contribution in [-0.4, -0.2) is 24.0 Å². The predicted molar refractivity (Wildman–Crippen MR) is 79.5 cm³/mol. The highest BCUT2D eigenvalue weighted by atomic mass is 79.9. The Morgan fingerprint density at radius 3 is 2.75 bits per heavy atom. The molecule has 0 saturated heterocycles. The number of ether oxygens (including phenoxy) is 1. The van der Waals surface area contributed by atoms with Crippen LogP contribution in [-0.2, 0) is 16.4 Å². The number of hydrogen-bond acceptors (Lipinski definition) is 4. The standard InChI is InChI=1S/C13H15BrN2O3S/c1-3-13-15-7-8-16(13)20(17,18)10-5-6-11(14)12(9-10)19-4-2/h5-9H,3-4H2,1-2H3. The SMILES string of the molecule is CCOc1cc(S(=O)(=O)n2ccnc2CC)ccc1Br. The lowest BCUT2D eigenvalue weighted by atomic mass is 10.3. The molecule has 0 aliphatic rings. The Bertz CT molecular complexity index is 710. The van der Waals surface area contributed by atoms with Crippen LogP contribution in [0, 0.1) is 0 Å². The Kier molecular flexibility index (Phi) is 4.49. The zero-order valence-corrected chi connectivity index (χ0v) is 13.6. The summed E-state index contributed by atoms with van der Waals surface area (Å²) < 4.78 is 32.5. The van der Waals surface area contributed by atoms with Crippen LogP contribution in [0.4, 0.5) is 0 Å². The highest BCUT2D eigenvalue weighted by Crippen LogP contribution is 2.29. The van der Waals surface area contributed by atoms with E-state index in [9.17, 15) is 8.42 Å². The van der Waals surface area contributed by atoms with Crippen molar-refractivity contribution in [2.24, 2.45) is 0 Å². The quantitative estimate of drug-likeness (QED) is 0.824. The maximum Gasteiger partial charge on any atom is 0.269 e. The molecule has 0 amide bonds. The van der Waals surface area contributed by atoms with E-state index in [2.05, 4.69) is 20.9 Å². The van der Waals surface area contributed by atoms with Gasteiger partial charge < -0.3 is 4.74 Å². The van der Waals surface area contributed by atoms with Gasteiger partial charge in [0.05, 0.1) is 16.0 Å². The molecule has 1 aromatic carbocycles. The van der Waals surface area contributed by atoms with Crippen LogP contribution in [0.2, 0.25) is 0 Å². The van der Waals surface area contributed by atoms with Gasteiger partial charge in [-0.1, -0.05) is 6.92 Å². The van der Waals surface area contributed by atoms with Crippen molar-refractivity contribution >= 4 is 26.0 Å². The molecule has 1 heterocycles. The van der Waals surface area contributed by atoms with Crippen molar-refractivity contribution in [1.82, 2.24) is 8.96 Å². The monoisotopic (exact) mass is 358 g/mol. The molecule has 108 valence electrons. The molecule has 1 aromatic heterocycles. The van der Waals surface area contributed by atoms with Crippen LogP contribution in [0.5, 0.6) is 5.75 Å². The molecule has 0 aliphatic heterocycles. The van der Waals surface area contributed by atoms with E-state index in [1.54, 1.807) is 12.1 Å². The Labute approximate surface area is 126 Å². The molecule has 0 aliphatic carbocycles. The van der Waals surface area contributed by atoms with Crippen molar-refractivity contribution in [3.05, 3.63) is 40.9 Å². The van der Waals surface area contributed by atoms with Gasteiger partial charge in [0.2, 0.25) is 0 Å². The number of imidazole rings is 1. The summed E-state index contributed by atoms with van der Waals surface area (Å²) in [6, 6.07) is 4.73. The Hall–Kier alpha value is -1.34. The van der Waals surface area contributed by atoms with Crippen LogP contribution in [0.1, 0.15) is 19.7 Å². The van der Waals surface area contributed by atoms with Gasteiger partial charge in [-0.15, -0.1) is 0 Å². The summed E-state index contributed by atoms with van der Waals surface area (Å²) in [5, 5.41) is 0. The van der Waals surface area contributed by atoms with Crippen molar-refractivity contribution in [3.8, 4) is 5.75 Å². The van der Waals surface area contributed by atoms with E-state index in [-0.39, 0.29) is 4.90 Å². The number of hydrogen-bond donors (Lipinski definition) is 0. The summed E-state index contributed by atoms with van der Waals surface area (Å²) in [6.45, 7) is 4.17. The van der Waals surface area contributed by atoms with Gasteiger partial charge in [-0.05, 0) is 35.0 Å². The molecule has 2 aromatic rings. The first-order valence-corrected chi connectivity index (χ1v) is 8.44. The van der Waals surface area contributed by atoms with Crippen LogP contribution in [0.25, 0.3) is 0 Å². The molecule has 0 radical (unpaired) electrons. The van der Waals surface area contributed by atoms with E-state index in [0.29, 0.717) is 24.6 Å². The second kappa shape index (κ2) is 5.97. The molecule has 5 nitrogen and oxygen atoms in total. The van der Waals surface area contributed by atoms with Gasteiger partial charge in [-0.25, -0.2) is 17.4 Å². The van der Waals surface area contributed by atoms with Gasteiger partial charge >= 0.3 is 0 Å². The van der Waals surface area contributed by atoms with E-state index in [0.717, 1.165) is 4.47 Å². The molecule has 0 saturated carbocycles. The first-order chi connectivity index (χ1) is 9.50. The number of aromatic nitrogens is 2. The minimum atomic E-state index is -3.64. The fraction of sp³-hybridized carbons (Fsp3) is 0.308. The molecular formula is C13H15BrN2O3S. The lowest BCUT2D eigenvalue weighted by molar-refractivity contribution is 0.337. The van der Waals surface area contributed by atoms with Gasteiger partial charge in [0, 0.05) is 24.9 Å². The third kappa shape index (κ3) is 2.73. The number of aryl methyl sites for hydroxylation is 1. The third-order valence-corrected chi connectivity index (χ3v) is 5.11. The lowest BCUT2D eigenvalue weighted by Gasteiger charge is -2.11. The fourth-order valence-corrected chi connectivity index (χ4v) is 3.57. The van der Waals surface area contributed by atoms with Gasteiger partial charge in [0.25, 0.3) is 10.0 Å². The van der Waals surface area contributed by atoms with Crippen LogP contribution >= 0.6 is 15.9 Å². The van der Waals surface area contributed by atoms with E-state index in [4.69, 9.17) is 4.74 Å². The number of halogens is 1. The van der Waals surface area contributed by atoms with E-state index in [1.165, 1.54) is 22.4 Å². The van der Waals surface area contributed by atoms with E-state index >= 15 is 0 Å². The smallest absolute Gasteiger partial charge is 0.269 e. The van der Waals surface area contributed by atoms with E-state index in [1.807, 2.05) is 13.8 Å². The van der Waals surface area contributed by atoms with Crippen LogP contribution < -0.4 is 4.74 Å². The molecule has 2 rings (SSSR count). The summed E-state index contributed by atoms with van der Waals surface area (Å²) >= 11 is 3.34. The molecule has 0 atom stereocenters. The summed E-state index contributed by atoms with van der Waals surface area (Å²) in [6.07, 6.45) is 3.48.